The molecular weight excluding hydrogens is 384 g/mol. The van der Waals surface area contributed by atoms with E-state index in [1.807, 2.05) is 47.8 Å². The second-order valence-corrected chi connectivity index (χ2v) is 8.01. The van der Waals surface area contributed by atoms with Gasteiger partial charge in [0.25, 0.3) is 0 Å². The van der Waals surface area contributed by atoms with Gasteiger partial charge in [0, 0.05) is 10.8 Å². The van der Waals surface area contributed by atoms with E-state index in [0.29, 0.717) is 6.42 Å². The Morgan fingerprint density at radius 3 is 2.66 bits per heavy atom. The Balaban J connectivity index is 1.77. The predicted octanol–water partition coefficient (Wildman–Crippen LogP) is 5.23. The molecule has 148 valence electrons. The molecule has 0 aliphatic heterocycles. The Bertz CT molecular complexity index is 1080. The smallest absolute Gasteiger partial charge is 0.317 e. The third-order valence-electron chi connectivity index (χ3n) is 5.34. The average Bonchev–Trinajstić information content (AvgIpc) is 3.27. The van der Waals surface area contributed by atoms with E-state index in [1.54, 1.807) is 31.4 Å². The molecule has 2 atom stereocenters. The molecule has 2 unspecified atom stereocenters. The summed E-state index contributed by atoms with van der Waals surface area (Å²) in [4.78, 5) is 26.7. The Kier molecular flexibility index (Phi) is 5.49. The maximum Gasteiger partial charge on any atom is 0.317 e. The molecule has 29 heavy (non-hydrogen) atoms. The number of fused-ring (bicyclic) bond motifs is 1. The number of carbonyl (C=O) groups is 2. The highest BCUT2D eigenvalue weighted by Gasteiger charge is 2.40. The number of rotatable bonds is 5. The van der Waals surface area contributed by atoms with Gasteiger partial charge in [0.05, 0.1) is 13.7 Å². The minimum absolute atomic E-state index is 0.182. The number of methoxy groups -OCH3 is 1. The largest absolute Gasteiger partial charge is 0.497 e. The van der Waals surface area contributed by atoms with Crippen LogP contribution < -0.4 is 4.74 Å². The minimum Gasteiger partial charge on any atom is -0.497 e. The third-order valence-corrected chi connectivity index (χ3v) is 6.29. The standard InChI is InChI=1S/C24H22O4S/c1-3-28-24(26)23-20(13-18(14-21(23)25)22-5-4-10-29-22)17-7-6-16-12-19(27-2)9-8-15(16)11-17/h4-12,14,20,23H,3,13H2,1-2H3. The zero-order valence-electron chi connectivity index (χ0n) is 16.4. The van der Waals surface area contributed by atoms with Crippen LogP contribution in [0.2, 0.25) is 0 Å². The third kappa shape index (κ3) is 3.83. The van der Waals surface area contributed by atoms with Crippen LogP contribution in [0.25, 0.3) is 16.3 Å². The van der Waals surface area contributed by atoms with E-state index in [2.05, 4.69) is 6.07 Å². The van der Waals surface area contributed by atoms with Crippen LogP contribution in [-0.2, 0) is 14.3 Å². The van der Waals surface area contributed by atoms with Gasteiger partial charge in [0.1, 0.15) is 11.7 Å². The van der Waals surface area contributed by atoms with E-state index in [4.69, 9.17) is 9.47 Å². The van der Waals surface area contributed by atoms with Gasteiger partial charge in [0.15, 0.2) is 5.78 Å². The van der Waals surface area contributed by atoms with E-state index in [0.717, 1.165) is 32.5 Å². The van der Waals surface area contributed by atoms with Crippen LogP contribution >= 0.6 is 11.3 Å². The van der Waals surface area contributed by atoms with Crippen LogP contribution in [0.4, 0.5) is 0 Å². The fourth-order valence-electron chi connectivity index (χ4n) is 3.93. The summed E-state index contributed by atoms with van der Waals surface area (Å²) in [5.41, 5.74) is 1.95. The van der Waals surface area contributed by atoms with Gasteiger partial charge in [0.2, 0.25) is 0 Å². The lowest BCUT2D eigenvalue weighted by Crippen LogP contribution is -2.33. The highest BCUT2D eigenvalue weighted by Crippen LogP contribution is 2.42. The summed E-state index contributed by atoms with van der Waals surface area (Å²) in [6, 6.07) is 16.0. The molecule has 0 bridgehead atoms. The number of carbonyl (C=O) groups excluding carboxylic acids is 2. The van der Waals surface area contributed by atoms with Crippen LogP contribution in [0.3, 0.4) is 0 Å². The Morgan fingerprint density at radius 1 is 1.14 bits per heavy atom. The second-order valence-electron chi connectivity index (χ2n) is 7.06. The van der Waals surface area contributed by atoms with E-state index in [-0.39, 0.29) is 18.3 Å². The molecule has 0 amide bonds. The van der Waals surface area contributed by atoms with Crippen molar-refractivity contribution in [3.8, 4) is 5.75 Å². The van der Waals surface area contributed by atoms with Crippen molar-refractivity contribution in [1.82, 2.24) is 0 Å². The van der Waals surface area contributed by atoms with Crippen molar-refractivity contribution in [1.29, 1.82) is 0 Å². The first-order valence-corrected chi connectivity index (χ1v) is 10.5. The molecule has 5 heteroatoms. The van der Waals surface area contributed by atoms with Gasteiger partial charge in [-0.25, -0.2) is 0 Å². The molecule has 0 spiro atoms. The molecule has 0 fully saturated rings. The average molecular weight is 407 g/mol. The quantitative estimate of drug-likeness (QED) is 0.430. The number of thiophene rings is 1. The molecule has 4 rings (SSSR count). The van der Waals surface area contributed by atoms with Gasteiger partial charge in [-0.2, -0.15) is 0 Å². The summed E-state index contributed by atoms with van der Waals surface area (Å²) >= 11 is 1.60. The Labute approximate surface area is 173 Å². The van der Waals surface area contributed by atoms with Gasteiger partial charge >= 0.3 is 5.97 Å². The summed E-state index contributed by atoms with van der Waals surface area (Å²) in [5.74, 6) is -0.897. The zero-order chi connectivity index (χ0) is 20.4. The molecule has 4 nitrogen and oxygen atoms in total. The monoisotopic (exact) mass is 406 g/mol. The lowest BCUT2D eigenvalue weighted by atomic mass is 9.74. The molecule has 1 heterocycles. The first kappa shape index (κ1) is 19.4. The van der Waals surface area contributed by atoms with Crippen LogP contribution in [0.5, 0.6) is 5.75 Å². The van der Waals surface area contributed by atoms with E-state index in [9.17, 15) is 9.59 Å². The van der Waals surface area contributed by atoms with Crippen molar-refractivity contribution in [2.45, 2.75) is 19.3 Å². The van der Waals surface area contributed by atoms with E-state index in [1.165, 1.54) is 0 Å². The van der Waals surface area contributed by atoms with Gasteiger partial charge in [-0.1, -0.05) is 30.3 Å². The van der Waals surface area contributed by atoms with Crippen LogP contribution in [-0.4, -0.2) is 25.5 Å². The number of ketones is 1. The minimum atomic E-state index is -0.811. The number of allylic oxidation sites excluding steroid dienone is 2. The topological polar surface area (TPSA) is 52.6 Å². The molecule has 0 saturated heterocycles. The number of ether oxygens (including phenoxy) is 2. The van der Waals surface area contributed by atoms with Gasteiger partial charge in [-0.3, -0.25) is 9.59 Å². The summed E-state index contributed by atoms with van der Waals surface area (Å²) in [6.07, 6.45) is 2.24. The maximum atomic E-state index is 13.0. The van der Waals surface area contributed by atoms with Gasteiger partial charge < -0.3 is 9.47 Å². The molecule has 0 saturated carbocycles. The van der Waals surface area contributed by atoms with Crippen molar-refractivity contribution in [2.24, 2.45) is 5.92 Å². The predicted molar refractivity (Wildman–Crippen MR) is 115 cm³/mol. The first-order valence-electron chi connectivity index (χ1n) is 9.63. The van der Waals surface area contributed by atoms with Gasteiger partial charge in [-0.15, -0.1) is 11.3 Å². The van der Waals surface area contributed by atoms with Crippen molar-refractivity contribution >= 4 is 39.4 Å². The highest BCUT2D eigenvalue weighted by molar-refractivity contribution is 7.11. The molecule has 2 aromatic carbocycles. The normalized spacial score (nSPS) is 19.1. The molecule has 1 aliphatic carbocycles. The lowest BCUT2D eigenvalue weighted by molar-refractivity contribution is -0.151. The van der Waals surface area contributed by atoms with E-state index < -0.39 is 11.9 Å². The molecule has 0 N–H and O–H groups in total. The summed E-state index contributed by atoms with van der Waals surface area (Å²) in [5, 5.41) is 4.10. The Hall–Kier alpha value is -2.92. The number of esters is 1. The number of benzene rings is 2. The zero-order valence-corrected chi connectivity index (χ0v) is 17.2. The molecule has 3 aromatic rings. The summed E-state index contributed by atoms with van der Waals surface area (Å²) < 4.78 is 10.5. The maximum absolute atomic E-state index is 13.0. The fraction of sp³-hybridized carbons (Fsp3) is 0.250. The molecule has 1 aliphatic rings. The molecule has 0 radical (unpaired) electrons. The van der Waals surface area contributed by atoms with Crippen LogP contribution in [0, 0.1) is 5.92 Å². The van der Waals surface area contributed by atoms with Crippen LogP contribution in [0.1, 0.15) is 29.7 Å². The van der Waals surface area contributed by atoms with Crippen LogP contribution in [0.15, 0.2) is 60.0 Å². The van der Waals surface area contributed by atoms with Crippen molar-refractivity contribution < 1.29 is 19.1 Å². The first-order chi connectivity index (χ1) is 14.1. The van der Waals surface area contributed by atoms with Crippen molar-refractivity contribution in [3.05, 3.63) is 70.4 Å². The SMILES string of the molecule is CCOC(=O)C1C(=O)C=C(c2cccs2)CC1c1ccc2cc(OC)ccc2c1. The molecular formula is C24H22O4S. The van der Waals surface area contributed by atoms with Crippen molar-refractivity contribution in [3.63, 3.8) is 0 Å². The van der Waals surface area contributed by atoms with Gasteiger partial charge in [-0.05, 0) is 64.9 Å². The fourth-order valence-corrected chi connectivity index (χ4v) is 4.68. The Morgan fingerprint density at radius 2 is 1.93 bits per heavy atom. The number of hydrogen-bond donors (Lipinski definition) is 0. The second kappa shape index (κ2) is 8.21. The summed E-state index contributed by atoms with van der Waals surface area (Å²) in [7, 11) is 1.64. The van der Waals surface area contributed by atoms with Crippen molar-refractivity contribution in [2.75, 3.05) is 13.7 Å². The van der Waals surface area contributed by atoms with E-state index >= 15 is 0 Å². The number of hydrogen-bond acceptors (Lipinski definition) is 5. The summed E-state index contributed by atoms with van der Waals surface area (Å²) in [6.45, 7) is 2.02. The highest BCUT2D eigenvalue weighted by atomic mass is 32.1. The molecule has 1 aromatic heterocycles. The lowest BCUT2D eigenvalue weighted by Gasteiger charge is -2.29.